The number of hydrogen-bond donors (Lipinski definition) is 2. The first-order valence-corrected chi connectivity index (χ1v) is 8.75. The summed E-state index contributed by atoms with van der Waals surface area (Å²) in [6.07, 6.45) is -0.474. The van der Waals surface area contributed by atoms with Gasteiger partial charge < -0.3 is 20.3 Å². The van der Waals surface area contributed by atoms with Crippen LogP contribution in [0.2, 0.25) is 0 Å². The fraction of sp³-hybridized carbons (Fsp3) is 0.250. The van der Waals surface area contributed by atoms with E-state index in [1.165, 1.54) is 6.07 Å². The summed E-state index contributed by atoms with van der Waals surface area (Å²) in [5.74, 6) is -0.929. The van der Waals surface area contributed by atoms with Gasteiger partial charge in [0.05, 0.1) is 12.1 Å². The van der Waals surface area contributed by atoms with E-state index >= 15 is 0 Å². The van der Waals surface area contributed by atoms with Crippen LogP contribution in [0.3, 0.4) is 0 Å². The van der Waals surface area contributed by atoms with Crippen LogP contribution in [0.15, 0.2) is 42.5 Å². The maximum absolute atomic E-state index is 12.9. The van der Waals surface area contributed by atoms with Gasteiger partial charge in [0, 0.05) is 11.1 Å². The first-order valence-electron chi connectivity index (χ1n) is 8.75. The third-order valence-electron chi connectivity index (χ3n) is 4.83. The number of rotatable bonds is 5. The molecule has 8 heteroatoms. The molecule has 4 rings (SSSR count). The molecule has 2 amide bonds. The lowest BCUT2D eigenvalue weighted by Crippen LogP contribution is -2.44. The summed E-state index contributed by atoms with van der Waals surface area (Å²) in [5.41, 5.74) is 4.08. The van der Waals surface area contributed by atoms with E-state index in [4.69, 9.17) is 15.2 Å². The van der Waals surface area contributed by atoms with Crippen molar-refractivity contribution in [1.29, 1.82) is 0 Å². The van der Waals surface area contributed by atoms with E-state index in [2.05, 4.69) is 0 Å². The maximum Gasteiger partial charge on any atom is 0.264 e. The van der Waals surface area contributed by atoms with Crippen molar-refractivity contribution in [3.8, 4) is 11.5 Å². The lowest BCUT2D eigenvalue weighted by Gasteiger charge is -2.23. The Kier molecular flexibility index (Phi) is 4.27. The first-order chi connectivity index (χ1) is 13.4. The zero-order chi connectivity index (χ0) is 19.9. The summed E-state index contributed by atoms with van der Waals surface area (Å²) in [7, 11) is 0. The number of fused-ring (bicyclic) bond motifs is 2. The topological polar surface area (TPSA) is 119 Å². The molecule has 2 aromatic carbocycles. The molecular formula is C20H18N2O6. The van der Waals surface area contributed by atoms with Gasteiger partial charge in [0.2, 0.25) is 5.91 Å². The molecule has 144 valence electrons. The molecule has 0 aromatic heterocycles. The molecule has 8 nitrogen and oxygen atoms in total. The second-order valence-electron chi connectivity index (χ2n) is 6.69. The Morgan fingerprint density at radius 3 is 2.57 bits per heavy atom. The van der Waals surface area contributed by atoms with E-state index in [1.54, 1.807) is 36.4 Å². The third kappa shape index (κ3) is 2.87. The van der Waals surface area contributed by atoms with E-state index in [1.807, 2.05) is 0 Å². The first kappa shape index (κ1) is 18.0. The lowest BCUT2D eigenvalue weighted by atomic mass is 9.88. The van der Waals surface area contributed by atoms with Crippen molar-refractivity contribution in [1.82, 2.24) is 0 Å². The van der Waals surface area contributed by atoms with Crippen molar-refractivity contribution >= 4 is 23.3 Å². The van der Waals surface area contributed by atoms with Crippen molar-refractivity contribution in [2.45, 2.75) is 12.0 Å². The number of ketones is 1. The molecule has 28 heavy (non-hydrogen) atoms. The van der Waals surface area contributed by atoms with Crippen LogP contribution in [0.25, 0.3) is 0 Å². The minimum absolute atomic E-state index is 0.271. The standard InChI is InChI=1S/C20H18N2O6/c21-18(24)11-22-14-4-2-1-3-13(14)20(26,19(22)25)10-15(23)12-5-6-16-17(9-12)28-8-7-27-16/h1-6,9,26H,7-8,10-11H2,(H2,21,24). The summed E-state index contributed by atoms with van der Waals surface area (Å²) in [6, 6.07) is 11.2. The van der Waals surface area contributed by atoms with Crippen molar-refractivity contribution in [3.63, 3.8) is 0 Å². The fourth-order valence-electron chi connectivity index (χ4n) is 3.54. The number of benzene rings is 2. The summed E-state index contributed by atoms with van der Waals surface area (Å²) in [5, 5.41) is 11.1. The highest BCUT2D eigenvalue weighted by Gasteiger charge is 2.51. The van der Waals surface area contributed by atoms with Crippen LogP contribution in [0, 0.1) is 0 Å². The van der Waals surface area contributed by atoms with Gasteiger partial charge in [0.1, 0.15) is 19.8 Å². The second kappa shape index (κ2) is 6.65. The van der Waals surface area contributed by atoms with E-state index in [0.717, 1.165) is 4.90 Å². The largest absolute Gasteiger partial charge is 0.486 e. The SMILES string of the molecule is NC(=O)CN1C(=O)C(O)(CC(=O)c2ccc3c(c2)OCCO3)c2ccccc21. The molecule has 0 spiro atoms. The molecule has 2 aliphatic rings. The molecule has 0 bridgehead atoms. The Morgan fingerprint density at radius 2 is 1.82 bits per heavy atom. The number of nitrogens with two attached hydrogens (primary N) is 1. The van der Waals surface area contributed by atoms with E-state index in [0.29, 0.717) is 30.4 Å². The Bertz CT molecular complexity index is 988. The Hall–Kier alpha value is -3.39. The van der Waals surface area contributed by atoms with Gasteiger partial charge in [0.15, 0.2) is 22.9 Å². The number of Topliss-reactive ketones (excluding diaryl/α,β-unsaturated/α-hetero) is 1. The zero-order valence-corrected chi connectivity index (χ0v) is 14.9. The number of carbonyl (C=O) groups excluding carboxylic acids is 3. The lowest BCUT2D eigenvalue weighted by molar-refractivity contribution is -0.136. The molecule has 0 saturated carbocycles. The molecule has 2 aromatic rings. The molecular weight excluding hydrogens is 364 g/mol. The molecule has 0 fully saturated rings. The van der Waals surface area contributed by atoms with Crippen LogP contribution >= 0.6 is 0 Å². The maximum atomic E-state index is 12.9. The highest BCUT2D eigenvalue weighted by Crippen LogP contribution is 2.43. The highest BCUT2D eigenvalue weighted by atomic mass is 16.6. The predicted molar refractivity (Wildman–Crippen MR) is 98.3 cm³/mol. The molecule has 0 saturated heterocycles. The van der Waals surface area contributed by atoms with Crippen molar-refractivity contribution in [2.75, 3.05) is 24.7 Å². The van der Waals surface area contributed by atoms with Gasteiger partial charge in [-0.05, 0) is 24.3 Å². The highest BCUT2D eigenvalue weighted by molar-refractivity contribution is 6.12. The predicted octanol–water partition coefficient (Wildman–Crippen LogP) is 0.750. The minimum atomic E-state index is -2.07. The van der Waals surface area contributed by atoms with E-state index in [9.17, 15) is 19.5 Å². The number of anilines is 1. The molecule has 0 aliphatic carbocycles. The molecule has 2 heterocycles. The molecule has 3 N–H and O–H groups in total. The smallest absolute Gasteiger partial charge is 0.264 e. The Balaban J connectivity index is 1.66. The van der Waals surface area contributed by atoms with Gasteiger partial charge in [-0.3, -0.25) is 19.3 Å². The number of ether oxygens (including phenoxy) is 2. The number of hydrogen-bond acceptors (Lipinski definition) is 6. The fourth-order valence-corrected chi connectivity index (χ4v) is 3.54. The van der Waals surface area contributed by atoms with Crippen LogP contribution in [-0.4, -0.2) is 42.5 Å². The summed E-state index contributed by atoms with van der Waals surface area (Å²) in [6.45, 7) is 0.430. The average molecular weight is 382 g/mol. The quantitative estimate of drug-likeness (QED) is 0.737. The molecule has 1 unspecified atom stereocenters. The molecule has 0 radical (unpaired) electrons. The van der Waals surface area contributed by atoms with Crippen LogP contribution in [0.5, 0.6) is 11.5 Å². The van der Waals surface area contributed by atoms with E-state index < -0.39 is 29.6 Å². The summed E-state index contributed by atoms with van der Waals surface area (Å²) in [4.78, 5) is 38.2. The number of nitrogens with zero attached hydrogens (tertiary/aromatic N) is 1. The van der Waals surface area contributed by atoms with Crippen LogP contribution in [-0.2, 0) is 15.2 Å². The number of aliphatic hydroxyl groups is 1. The Morgan fingerprint density at radius 1 is 1.11 bits per heavy atom. The van der Waals surface area contributed by atoms with Crippen molar-refractivity contribution in [2.24, 2.45) is 5.73 Å². The normalized spacial score (nSPS) is 20.0. The number of para-hydroxylation sites is 1. The summed E-state index contributed by atoms with van der Waals surface area (Å²) >= 11 is 0. The van der Waals surface area contributed by atoms with Gasteiger partial charge >= 0.3 is 0 Å². The third-order valence-corrected chi connectivity index (χ3v) is 4.83. The average Bonchev–Trinajstić information content (AvgIpc) is 2.89. The van der Waals surface area contributed by atoms with Crippen LogP contribution in [0.1, 0.15) is 22.3 Å². The van der Waals surface area contributed by atoms with Gasteiger partial charge in [-0.2, -0.15) is 0 Å². The zero-order valence-electron chi connectivity index (χ0n) is 14.9. The number of carbonyl (C=O) groups is 3. The number of primary amides is 1. The minimum Gasteiger partial charge on any atom is -0.486 e. The van der Waals surface area contributed by atoms with Crippen molar-refractivity contribution in [3.05, 3.63) is 53.6 Å². The molecule has 2 aliphatic heterocycles. The van der Waals surface area contributed by atoms with Gasteiger partial charge in [0.25, 0.3) is 5.91 Å². The van der Waals surface area contributed by atoms with Gasteiger partial charge in [-0.25, -0.2) is 0 Å². The van der Waals surface area contributed by atoms with Crippen LogP contribution < -0.4 is 20.1 Å². The van der Waals surface area contributed by atoms with Gasteiger partial charge in [-0.1, -0.05) is 18.2 Å². The van der Waals surface area contributed by atoms with Crippen LogP contribution in [0.4, 0.5) is 5.69 Å². The number of amides is 2. The Labute approximate surface area is 160 Å². The van der Waals surface area contributed by atoms with Crippen molar-refractivity contribution < 1.29 is 29.0 Å². The monoisotopic (exact) mass is 382 g/mol. The van der Waals surface area contributed by atoms with Gasteiger partial charge in [-0.15, -0.1) is 0 Å². The second-order valence-corrected chi connectivity index (χ2v) is 6.69. The summed E-state index contributed by atoms with van der Waals surface area (Å²) < 4.78 is 10.9. The van der Waals surface area contributed by atoms with E-state index in [-0.39, 0.29) is 17.7 Å². The molecule has 1 atom stereocenters.